The summed E-state index contributed by atoms with van der Waals surface area (Å²) in [5, 5.41) is 29.1. The number of benzene rings is 8. The molecule has 11 aliphatic rings. The lowest BCUT2D eigenvalue weighted by Gasteiger charge is -2.10. The Kier molecular flexibility index (Phi) is 26.6. The first-order chi connectivity index (χ1) is 55.5. The number of anilines is 8. The number of nitrogens with zero attached hydrogens (tertiary/aromatic N) is 3. The summed E-state index contributed by atoms with van der Waals surface area (Å²) in [4.78, 5) is 20.8. The Morgan fingerprint density at radius 3 is 1.23 bits per heavy atom. The molecule has 8 aromatic carbocycles. The summed E-state index contributed by atoms with van der Waals surface area (Å²) in [6.07, 6.45) is 16.9. The summed E-state index contributed by atoms with van der Waals surface area (Å²) in [5.41, 5.74) is 44.1. The topological polar surface area (TPSA) is 174 Å². The van der Waals surface area contributed by atoms with E-state index < -0.39 is 0 Å². The second kappa shape index (κ2) is 38.0. The van der Waals surface area contributed by atoms with Crippen molar-refractivity contribution in [2.24, 2.45) is 15.0 Å². The number of allylic oxidation sites excluding steroid dienone is 3. The third-order valence-corrected chi connectivity index (χ3v) is 22.7. The molecule has 0 amide bonds. The number of aromatic amines is 2. The van der Waals surface area contributed by atoms with Crippen LogP contribution in [0.3, 0.4) is 0 Å². The van der Waals surface area contributed by atoms with E-state index in [1.54, 1.807) is 0 Å². The van der Waals surface area contributed by atoms with Gasteiger partial charge < -0.3 is 57.2 Å². The van der Waals surface area contributed by atoms with Gasteiger partial charge in [-0.25, -0.2) is 0 Å². The van der Waals surface area contributed by atoms with Gasteiger partial charge in [-0.3, -0.25) is 15.0 Å². The quantitative estimate of drug-likeness (QED) is 0.0709. The molecule has 0 saturated carbocycles. The summed E-state index contributed by atoms with van der Waals surface area (Å²) >= 11 is 12.0. The molecule has 21 rings (SSSR count). The maximum Gasteiger partial charge on any atom is 0.142 e. The molecule has 0 fully saturated rings. The molecule has 0 bridgehead atoms. The highest BCUT2D eigenvalue weighted by molar-refractivity contribution is 6.31. The molecular weight excluding hydrogens is 1450 g/mol. The van der Waals surface area contributed by atoms with Crippen molar-refractivity contribution >= 4 is 103 Å². The second-order valence-corrected chi connectivity index (χ2v) is 32.5. The Morgan fingerprint density at radius 2 is 0.667 bits per heavy atom. The minimum Gasteiger partial charge on any atom is -0.491 e. The van der Waals surface area contributed by atoms with Gasteiger partial charge >= 0.3 is 0 Å². The molecule has 0 spiro atoms. The van der Waals surface area contributed by atoms with E-state index in [0.29, 0.717) is 0 Å². The minimum atomic E-state index is 0.791. The average Bonchev–Trinajstić information content (AvgIpc) is 1.67. The van der Waals surface area contributed by atoms with Crippen LogP contribution in [-0.4, -0.2) is 86.1 Å². The summed E-state index contributed by atoms with van der Waals surface area (Å²) in [6.45, 7) is 28.1. The molecule has 114 heavy (non-hydrogen) atoms. The molecule has 0 aliphatic carbocycles. The Balaban J connectivity index is 0.000000108. The largest absolute Gasteiger partial charge is 0.491 e. The molecule has 16 heteroatoms. The third-order valence-electron chi connectivity index (χ3n) is 22.3. The molecule has 10 aromatic rings. The predicted octanol–water partition coefficient (Wildman–Crippen LogP) is 24.4. The number of nitrogens with one attached hydrogen (secondary N) is 10. The number of hydrogen-bond donors (Lipinski definition) is 10. The normalized spacial score (nSPS) is 16.4. The third kappa shape index (κ3) is 20.5. The van der Waals surface area contributed by atoms with Crippen molar-refractivity contribution in [1.29, 1.82) is 0 Å². The number of aromatic nitrogens is 2. The van der Waals surface area contributed by atoms with Gasteiger partial charge in [-0.2, -0.15) is 0 Å². The number of H-pyrrole nitrogens is 2. The van der Waals surface area contributed by atoms with Crippen molar-refractivity contribution in [3.63, 3.8) is 0 Å². The number of halogens is 2. The number of fused-ring (bicyclic) bond motifs is 15. The van der Waals surface area contributed by atoms with Crippen molar-refractivity contribution < 1.29 is 4.74 Å². The molecule has 0 saturated heterocycles. The smallest absolute Gasteiger partial charge is 0.142 e. The first-order valence-corrected chi connectivity index (χ1v) is 42.1. The van der Waals surface area contributed by atoms with Gasteiger partial charge in [0.1, 0.15) is 5.75 Å². The van der Waals surface area contributed by atoms with Crippen LogP contribution < -0.4 is 47.3 Å². The minimum absolute atomic E-state index is 0.791. The van der Waals surface area contributed by atoms with Crippen molar-refractivity contribution in [1.82, 2.24) is 9.97 Å². The predicted molar refractivity (Wildman–Crippen MR) is 489 cm³/mol. The highest BCUT2D eigenvalue weighted by Crippen LogP contribution is 2.42. The molecule has 590 valence electrons. The zero-order valence-electron chi connectivity index (χ0n) is 68.1. The first kappa shape index (κ1) is 80.0. The Morgan fingerprint density at radius 1 is 0.289 bits per heavy atom. The lowest BCUT2D eigenvalue weighted by atomic mass is 9.98. The summed E-state index contributed by atoms with van der Waals surface area (Å²) in [7, 11) is 0. The monoisotopic (exact) mass is 1560 g/mol. The van der Waals surface area contributed by atoms with Crippen LogP contribution in [0.4, 0.5) is 45.5 Å². The fraction of sp³-hybridized carbons (Fsp3) is 0.337. The molecule has 0 radical (unpaired) electrons. The number of hydrogen-bond acceptors (Lipinski definition) is 12. The Hall–Kier alpha value is -10.7. The standard InChI is InChI=1S/2C14H16N2.C13H13ClN2.2C13H14N2.C11H15N.C10H12ClN.C10H13NO/c1-9-3-4-13-11(7-9)12-8-10(2)16-14(12)5-6-15-13;1-9-3-4-13-12(7-9)14-11(5-6-15-13)8-10(2)16-14;1-8-6-10-11-7-9(14)2-3-12(11)15-5-4-13(10)16-8;1-9-8-10-6-7-14-12-5-3-2-4-11(12)13(10)15-9;1-9-8-11-10-4-2-3-5-12(10)14-7-6-13(11)15-9;1-9-5-6-11-10(8-9)4-2-3-7-12-11;11-9-4-5-10-8(7-9)3-1-2-6-12-10;1-8-3-4-9-10(7-8)12-6-2-5-11-9/h3-4,7,15H,5-6,8H2,1-2H3;3-4,7-8,15-16H,5-6H2,1-2H3;2-3,7,15H,4-6H2,1H3;2-5,8,14-15H,6-7H2,1H3;2-5,14H,6-8H2,1H3;5-6,8,12H,2-4,7H2,1H3;4-5,7,12H,1-3,6H2;3-4,7,11H,2,5-6H2,1H3. The van der Waals surface area contributed by atoms with Crippen LogP contribution in [0.2, 0.25) is 10.0 Å². The Labute approximate surface area is 685 Å². The van der Waals surface area contributed by atoms with E-state index >= 15 is 0 Å². The molecule has 2 aromatic heterocycles. The Bertz CT molecular complexity index is 5080. The maximum atomic E-state index is 6.07. The average molecular weight is 1560 g/mol. The van der Waals surface area contributed by atoms with E-state index in [0.717, 1.165) is 145 Å². The number of rotatable bonds is 0. The van der Waals surface area contributed by atoms with Crippen LogP contribution in [0.25, 0.3) is 39.2 Å². The fourth-order valence-corrected chi connectivity index (χ4v) is 17.1. The SMILES string of the molecule is CC1=NC2=C(C1)c1cc(C)ccc1NCC2.CC1=NC2=C(C1)c1cc(Cl)ccc1NCC2.CC1=NC2=C(C1)c1ccccc1NCC2.Cc1cc2c([nH]1)-c1ccccc1NCC2.Cc1ccc2c(c1)-c1[nH]c(C)cc1CCN2.Cc1ccc2c(c1)CCCCN2.Cc1ccc2c(c1)OCCCN2.Clc1ccc2c(c1)CCCCN2. The molecule has 13 heterocycles. The lowest BCUT2D eigenvalue weighted by molar-refractivity contribution is 0.323. The van der Waals surface area contributed by atoms with Gasteiger partial charge in [0.25, 0.3) is 0 Å². The zero-order chi connectivity index (χ0) is 79.0. The van der Waals surface area contributed by atoms with Gasteiger partial charge in [0.15, 0.2) is 0 Å². The van der Waals surface area contributed by atoms with Crippen LogP contribution in [0.5, 0.6) is 5.75 Å². The molecule has 10 N–H and O–H groups in total. The highest BCUT2D eigenvalue weighted by Gasteiger charge is 2.26. The number of ether oxygens (including phenoxy) is 1. The van der Waals surface area contributed by atoms with Gasteiger partial charge in [0, 0.05) is 214 Å². The van der Waals surface area contributed by atoms with Crippen molar-refractivity contribution in [3.8, 4) is 28.3 Å². The van der Waals surface area contributed by atoms with Gasteiger partial charge in [-0.15, -0.1) is 0 Å². The first-order valence-electron chi connectivity index (χ1n) is 41.4. The highest BCUT2D eigenvalue weighted by atomic mass is 35.5. The van der Waals surface area contributed by atoms with E-state index in [2.05, 4.69) is 281 Å². The lowest BCUT2D eigenvalue weighted by Crippen LogP contribution is -2.02. The number of para-hydroxylation sites is 2. The molecule has 0 unspecified atom stereocenters. The number of aryl methyl sites for hydroxylation is 8. The molecule has 11 aliphatic heterocycles. The summed E-state index contributed by atoms with van der Waals surface area (Å²) in [5.74, 6) is 0.993. The van der Waals surface area contributed by atoms with E-state index in [9.17, 15) is 0 Å². The van der Waals surface area contributed by atoms with Crippen LogP contribution in [0.1, 0.15) is 164 Å². The molecule has 0 atom stereocenters. The van der Waals surface area contributed by atoms with Crippen molar-refractivity contribution in [2.75, 3.05) is 101 Å². The second-order valence-electron chi connectivity index (χ2n) is 31.7. The molecular formula is C98H113Cl2N13O. The number of aliphatic imine (C=N–C) groups is 3. The van der Waals surface area contributed by atoms with Crippen LogP contribution in [0.15, 0.2) is 202 Å². The van der Waals surface area contributed by atoms with Crippen molar-refractivity contribution in [3.05, 3.63) is 270 Å². The molecule has 14 nitrogen and oxygen atoms in total. The zero-order valence-corrected chi connectivity index (χ0v) is 69.7. The van der Waals surface area contributed by atoms with Gasteiger partial charge in [0.05, 0.1) is 23.7 Å². The van der Waals surface area contributed by atoms with E-state index in [-0.39, 0.29) is 0 Å². The fourth-order valence-electron chi connectivity index (χ4n) is 16.7. The van der Waals surface area contributed by atoms with Gasteiger partial charge in [0.2, 0.25) is 0 Å². The van der Waals surface area contributed by atoms with Crippen LogP contribution >= 0.6 is 23.2 Å². The van der Waals surface area contributed by atoms with Crippen molar-refractivity contribution in [2.45, 2.75) is 159 Å². The summed E-state index contributed by atoms with van der Waals surface area (Å²) < 4.78 is 5.57. The van der Waals surface area contributed by atoms with Crippen LogP contribution in [-0.2, 0) is 25.7 Å². The van der Waals surface area contributed by atoms with Crippen LogP contribution in [0, 0.1) is 41.5 Å². The van der Waals surface area contributed by atoms with E-state index in [1.165, 1.54) is 218 Å². The van der Waals surface area contributed by atoms with E-state index in [4.69, 9.17) is 27.9 Å². The summed E-state index contributed by atoms with van der Waals surface area (Å²) in [6, 6.07) is 59.8. The van der Waals surface area contributed by atoms with Gasteiger partial charge in [-0.1, -0.05) is 107 Å². The van der Waals surface area contributed by atoms with Gasteiger partial charge in [-0.05, 0) is 268 Å². The van der Waals surface area contributed by atoms with E-state index in [1.807, 2.05) is 18.2 Å². The maximum absolute atomic E-state index is 6.07.